The fourth-order valence-corrected chi connectivity index (χ4v) is 1.82. The van der Waals surface area contributed by atoms with Crippen LogP contribution in [-0.4, -0.2) is 36.2 Å². The Balaban J connectivity index is 3.66. The lowest BCUT2D eigenvalue weighted by atomic mass is 9.89. The molecule has 0 spiro atoms. The van der Waals surface area contributed by atoms with E-state index in [2.05, 4.69) is 0 Å². The summed E-state index contributed by atoms with van der Waals surface area (Å²) in [6, 6.07) is 1.53. The standard InChI is InChI=1S/C13H5F13O/c14-8(15,7-4-2-1-3-6(7)5-27)9(16,17)10(18,19)11(20,21)12(22,23)13(24,25)26/h1-5H. The minimum atomic E-state index is -7.97. The number of hydrogen-bond donors (Lipinski definition) is 0. The molecule has 0 fully saturated rings. The van der Waals surface area contributed by atoms with Gasteiger partial charge in [-0.1, -0.05) is 24.3 Å². The number of benzene rings is 1. The maximum absolute atomic E-state index is 13.8. The van der Waals surface area contributed by atoms with E-state index in [4.69, 9.17) is 0 Å². The molecule has 14 heteroatoms. The molecule has 27 heavy (non-hydrogen) atoms. The van der Waals surface area contributed by atoms with Gasteiger partial charge in [0, 0.05) is 11.1 Å². The maximum atomic E-state index is 13.8. The number of hydrogen-bond acceptors (Lipinski definition) is 1. The molecule has 0 aliphatic heterocycles. The van der Waals surface area contributed by atoms with E-state index >= 15 is 0 Å². The van der Waals surface area contributed by atoms with Crippen LogP contribution in [-0.2, 0) is 5.92 Å². The van der Waals surface area contributed by atoms with Crippen LogP contribution in [0.3, 0.4) is 0 Å². The van der Waals surface area contributed by atoms with Crippen molar-refractivity contribution in [3.05, 3.63) is 35.4 Å². The van der Waals surface area contributed by atoms with Crippen molar-refractivity contribution in [1.82, 2.24) is 0 Å². The molecule has 0 bridgehead atoms. The third-order valence-electron chi connectivity index (χ3n) is 3.36. The first-order valence-electron chi connectivity index (χ1n) is 6.31. The van der Waals surface area contributed by atoms with Gasteiger partial charge in [0.1, 0.15) is 0 Å². The van der Waals surface area contributed by atoms with Crippen molar-refractivity contribution in [2.75, 3.05) is 0 Å². The average molecular weight is 424 g/mol. The second-order valence-corrected chi connectivity index (χ2v) is 5.07. The molecular weight excluding hydrogens is 419 g/mol. The Bertz CT molecular complexity index is 704. The Kier molecular flexibility index (Phi) is 5.34. The number of carbonyl (C=O) groups is 1. The number of rotatable bonds is 6. The molecule has 0 radical (unpaired) electrons. The van der Waals surface area contributed by atoms with Crippen LogP contribution in [0.25, 0.3) is 0 Å². The molecule has 154 valence electrons. The smallest absolute Gasteiger partial charge is 0.298 e. The molecule has 0 aliphatic rings. The Labute approximate surface area is 140 Å². The Morgan fingerprint density at radius 1 is 0.593 bits per heavy atom. The van der Waals surface area contributed by atoms with Gasteiger partial charge in [0.15, 0.2) is 6.29 Å². The summed E-state index contributed by atoms with van der Waals surface area (Å²) < 4.78 is 169. The SMILES string of the molecule is O=Cc1ccccc1C(F)(F)C(F)(F)C(F)(F)C(F)(F)C(F)(F)C(F)(F)F. The first-order chi connectivity index (χ1) is 11.8. The van der Waals surface area contributed by atoms with E-state index in [1.807, 2.05) is 0 Å². The predicted molar refractivity (Wildman–Crippen MR) is 61.6 cm³/mol. The highest BCUT2D eigenvalue weighted by Crippen LogP contribution is 2.62. The van der Waals surface area contributed by atoms with Gasteiger partial charge in [0.2, 0.25) is 0 Å². The molecule has 0 unspecified atom stereocenters. The van der Waals surface area contributed by atoms with Gasteiger partial charge in [-0.15, -0.1) is 0 Å². The summed E-state index contributed by atoms with van der Waals surface area (Å²) >= 11 is 0. The molecule has 1 aromatic rings. The average Bonchev–Trinajstić information content (AvgIpc) is 2.52. The van der Waals surface area contributed by atoms with Crippen LogP contribution in [0.2, 0.25) is 0 Å². The summed E-state index contributed by atoms with van der Waals surface area (Å²) in [6.45, 7) is 0. The second kappa shape index (κ2) is 6.26. The molecule has 1 aromatic carbocycles. The second-order valence-electron chi connectivity index (χ2n) is 5.07. The zero-order chi connectivity index (χ0) is 21.7. The largest absolute Gasteiger partial charge is 0.460 e. The highest BCUT2D eigenvalue weighted by atomic mass is 19.4. The van der Waals surface area contributed by atoms with Crippen molar-refractivity contribution in [2.45, 2.75) is 35.8 Å². The number of carbonyl (C=O) groups excluding carboxylic acids is 1. The summed E-state index contributed by atoms with van der Waals surface area (Å²) in [4.78, 5) is 10.6. The lowest BCUT2D eigenvalue weighted by Gasteiger charge is -2.40. The van der Waals surface area contributed by atoms with E-state index in [1.165, 1.54) is 0 Å². The Morgan fingerprint density at radius 2 is 1.00 bits per heavy atom. The van der Waals surface area contributed by atoms with Gasteiger partial charge < -0.3 is 0 Å². The van der Waals surface area contributed by atoms with Crippen molar-refractivity contribution in [2.24, 2.45) is 0 Å². The van der Waals surface area contributed by atoms with Crippen LogP contribution in [0, 0.1) is 0 Å². The minimum Gasteiger partial charge on any atom is -0.298 e. The number of halogens is 13. The van der Waals surface area contributed by atoms with Gasteiger partial charge in [0.05, 0.1) is 0 Å². The van der Waals surface area contributed by atoms with Crippen LogP contribution >= 0.6 is 0 Å². The fourth-order valence-electron chi connectivity index (χ4n) is 1.82. The van der Waals surface area contributed by atoms with Crippen molar-refractivity contribution >= 4 is 6.29 Å². The van der Waals surface area contributed by atoms with Gasteiger partial charge in [0.25, 0.3) is 0 Å². The quantitative estimate of drug-likeness (QED) is 0.424. The molecule has 0 saturated carbocycles. The van der Waals surface area contributed by atoms with Gasteiger partial charge in [-0.2, -0.15) is 57.1 Å². The van der Waals surface area contributed by atoms with Crippen LogP contribution in [0.1, 0.15) is 15.9 Å². The number of alkyl halides is 13. The molecule has 1 rings (SSSR count). The minimum absolute atomic E-state index is 0.0895. The van der Waals surface area contributed by atoms with E-state index in [1.54, 1.807) is 0 Å². The van der Waals surface area contributed by atoms with E-state index < -0.39 is 53.2 Å². The zero-order valence-corrected chi connectivity index (χ0v) is 12.2. The monoisotopic (exact) mass is 424 g/mol. The third kappa shape index (κ3) is 3.02. The lowest BCUT2D eigenvalue weighted by molar-refractivity contribution is -0.441. The molecule has 0 aliphatic carbocycles. The van der Waals surface area contributed by atoms with Gasteiger partial charge in [-0.05, 0) is 0 Å². The predicted octanol–water partition coefficient (Wildman–Crippen LogP) is 5.69. The molecule has 0 atom stereocenters. The van der Waals surface area contributed by atoms with Crippen LogP contribution in [0.4, 0.5) is 57.1 Å². The van der Waals surface area contributed by atoms with Crippen LogP contribution in [0.15, 0.2) is 24.3 Å². The Morgan fingerprint density at radius 3 is 1.41 bits per heavy atom. The van der Waals surface area contributed by atoms with Crippen molar-refractivity contribution < 1.29 is 61.9 Å². The summed E-state index contributed by atoms with van der Waals surface area (Å²) in [5.41, 5.74) is -3.69. The molecular formula is C13H5F13O. The van der Waals surface area contributed by atoms with E-state index in [0.717, 1.165) is 6.07 Å². The summed E-state index contributed by atoms with van der Waals surface area (Å²) in [7, 11) is 0. The molecule has 0 amide bonds. The topological polar surface area (TPSA) is 17.1 Å². The zero-order valence-electron chi connectivity index (χ0n) is 12.2. The molecule has 0 aromatic heterocycles. The van der Waals surface area contributed by atoms with Gasteiger partial charge >= 0.3 is 35.8 Å². The summed E-state index contributed by atoms with van der Waals surface area (Å²) in [6.07, 6.45) is -8.04. The number of aldehydes is 1. The first-order valence-corrected chi connectivity index (χ1v) is 6.31. The van der Waals surface area contributed by atoms with E-state index in [0.29, 0.717) is 12.1 Å². The normalized spacial score (nSPS) is 15.0. The molecule has 0 saturated heterocycles. The highest BCUT2D eigenvalue weighted by molar-refractivity contribution is 5.77. The summed E-state index contributed by atoms with van der Waals surface area (Å²) in [5.74, 6) is -37.5. The van der Waals surface area contributed by atoms with E-state index in [9.17, 15) is 61.9 Å². The van der Waals surface area contributed by atoms with Crippen LogP contribution in [0.5, 0.6) is 0 Å². The van der Waals surface area contributed by atoms with Gasteiger partial charge in [-0.3, -0.25) is 4.79 Å². The van der Waals surface area contributed by atoms with Crippen LogP contribution < -0.4 is 0 Å². The maximum Gasteiger partial charge on any atom is 0.460 e. The highest BCUT2D eigenvalue weighted by Gasteiger charge is 2.90. The van der Waals surface area contributed by atoms with Crippen molar-refractivity contribution in [3.63, 3.8) is 0 Å². The first kappa shape index (κ1) is 23.0. The molecule has 0 N–H and O–H groups in total. The fraction of sp³-hybridized carbons (Fsp3) is 0.462. The summed E-state index contributed by atoms with van der Waals surface area (Å²) in [5, 5.41) is 0. The Hall–Kier alpha value is -2.02. The molecule has 1 nitrogen and oxygen atoms in total. The van der Waals surface area contributed by atoms with E-state index in [-0.39, 0.29) is 6.07 Å². The van der Waals surface area contributed by atoms with Crippen molar-refractivity contribution in [3.8, 4) is 0 Å². The lowest BCUT2D eigenvalue weighted by Crippen LogP contribution is -2.69. The van der Waals surface area contributed by atoms with Crippen molar-refractivity contribution in [1.29, 1.82) is 0 Å². The van der Waals surface area contributed by atoms with Gasteiger partial charge in [-0.25, -0.2) is 0 Å². The third-order valence-corrected chi connectivity index (χ3v) is 3.36. The molecule has 0 heterocycles.